The number of aromatic amines is 1. The normalized spacial score (nSPS) is 28.4. The van der Waals surface area contributed by atoms with E-state index in [2.05, 4.69) is 27.5 Å². The van der Waals surface area contributed by atoms with Crippen molar-refractivity contribution in [1.29, 1.82) is 0 Å². The Kier molecular flexibility index (Phi) is 9.29. The van der Waals surface area contributed by atoms with E-state index < -0.39 is 12.3 Å². The number of aliphatic hydroxyl groups is 2. The van der Waals surface area contributed by atoms with Crippen molar-refractivity contribution in [2.45, 2.75) is 83.4 Å². The number of carboxylic acid groups (broad SMARTS) is 1. The summed E-state index contributed by atoms with van der Waals surface area (Å²) in [6, 6.07) is -0.290. The number of thiol groups is 1. The summed E-state index contributed by atoms with van der Waals surface area (Å²) in [5.41, 5.74) is 8.69. The quantitative estimate of drug-likeness (QED) is 0.0813. The van der Waals surface area contributed by atoms with Crippen molar-refractivity contribution in [1.82, 2.24) is 20.9 Å². The van der Waals surface area contributed by atoms with Crippen LogP contribution in [0.1, 0.15) is 69.0 Å². The molecular formula is C33H43N4O6S+. The smallest absolute Gasteiger partial charge is 0.303 e. The minimum Gasteiger partial charge on any atom is -0.481 e. The lowest BCUT2D eigenvalue weighted by Gasteiger charge is -2.20. The highest BCUT2D eigenvalue weighted by Gasteiger charge is 2.52. The Hall–Kier alpha value is -3.54. The van der Waals surface area contributed by atoms with Crippen LogP contribution in [0.25, 0.3) is 12.2 Å². The summed E-state index contributed by atoms with van der Waals surface area (Å²) >= 11 is 1.37. The lowest BCUT2D eigenvalue weighted by molar-refractivity contribution is -0.137. The number of amides is 2. The Morgan fingerprint density at radius 3 is 2.39 bits per heavy atom. The number of carboxylic acids is 1. The highest BCUT2D eigenvalue weighted by atomic mass is 32.2. The molecule has 10 nitrogen and oxygen atoms in total. The first-order valence-corrected chi connectivity index (χ1v) is 16.3. The molecule has 4 aliphatic rings. The Morgan fingerprint density at radius 2 is 1.77 bits per heavy atom. The molecule has 0 saturated carbocycles. The second kappa shape index (κ2) is 12.8. The fourth-order valence-electron chi connectivity index (χ4n) is 6.74. The number of aliphatic carboxylic acids is 1. The van der Waals surface area contributed by atoms with Crippen molar-refractivity contribution >= 4 is 41.7 Å². The first-order valence-electron chi connectivity index (χ1n) is 15.2. The largest absolute Gasteiger partial charge is 0.481 e. The monoisotopic (exact) mass is 623 g/mol. The van der Waals surface area contributed by atoms with Gasteiger partial charge >= 0.3 is 5.97 Å². The Bertz CT molecular complexity index is 1510. The van der Waals surface area contributed by atoms with E-state index in [1.54, 1.807) is 6.08 Å². The van der Waals surface area contributed by atoms with Gasteiger partial charge in [0.2, 0.25) is 5.91 Å². The predicted molar refractivity (Wildman–Crippen MR) is 172 cm³/mol. The third-order valence-electron chi connectivity index (χ3n) is 9.49. The zero-order chi connectivity index (χ0) is 31.9. The predicted octanol–water partition coefficient (Wildman–Crippen LogP) is 2.37. The van der Waals surface area contributed by atoms with Crippen molar-refractivity contribution < 1.29 is 29.7 Å². The molecule has 0 spiro atoms. The van der Waals surface area contributed by atoms with Crippen molar-refractivity contribution in [3.05, 3.63) is 68.9 Å². The van der Waals surface area contributed by atoms with E-state index in [4.69, 9.17) is 0 Å². The second-order valence-electron chi connectivity index (χ2n) is 12.3. The molecule has 236 valence electrons. The zero-order valence-electron chi connectivity index (χ0n) is 25.7. The van der Waals surface area contributed by atoms with Crippen molar-refractivity contribution in [3.8, 4) is 0 Å². The van der Waals surface area contributed by atoms with Crippen LogP contribution in [0.3, 0.4) is 0 Å². The van der Waals surface area contributed by atoms with Crippen LogP contribution in [0.4, 0.5) is 0 Å². The van der Waals surface area contributed by atoms with Gasteiger partial charge in [-0.25, -0.2) is 0 Å². The topological polar surface area (TPSA) is 164 Å². The van der Waals surface area contributed by atoms with Gasteiger partial charge in [-0.3, -0.25) is 14.4 Å². The Morgan fingerprint density at radius 1 is 1.07 bits per heavy atom. The molecular weight excluding hydrogens is 580 g/mol. The summed E-state index contributed by atoms with van der Waals surface area (Å²) in [5, 5.41) is 39.0. The molecule has 1 aromatic heterocycles. The first-order chi connectivity index (χ1) is 20.9. The average Bonchev–Trinajstić information content (AvgIpc) is 3.53. The van der Waals surface area contributed by atoms with Crippen LogP contribution in [0.5, 0.6) is 0 Å². The van der Waals surface area contributed by atoms with Gasteiger partial charge in [0, 0.05) is 53.2 Å². The third kappa shape index (κ3) is 6.45. The summed E-state index contributed by atoms with van der Waals surface area (Å²) in [5.74, 6) is 0.167. The van der Waals surface area contributed by atoms with E-state index in [9.17, 15) is 29.7 Å². The fourth-order valence-corrected chi connectivity index (χ4v) is 7.74. The minimum absolute atomic E-state index is 0.0252. The van der Waals surface area contributed by atoms with Crippen molar-refractivity contribution in [3.63, 3.8) is 0 Å². The zero-order valence-corrected chi connectivity index (χ0v) is 26.6. The van der Waals surface area contributed by atoms with E-state index in [0.29, 0.717) is 30.1 Å². The molecule has 7 N–H and O–H groups in total. The van der Waals surface area contributed by atoms with Crippen LogP contribution in [-0.2, 0) is 32.6 Å². The standard InChI is InChI=1S/C33H42N4O6S/c1-6-19-15(2)24(36-33(19)43)11-22-16(3)20(7-9-29(38)39)25(34-22)13-26-21(8-10-30(40)41)17(4)23(35-26)12-27-31(28-14-44-28)18(5)32(42)37-27/h6,12-13,18,22,24,28,30-31,34-35,40-41H,1,7-11,14H2,2-5H3,(H,36,43)(H,37,42)(H,38,39)/p+1/b25-13-,27-12-/t18-,22?,24-,28-,31-/m1/s1. The number of hydrogen-bond acceptors (Lipinski definition) is 6. The van der Waals surface area contributed by atoms with Gasteiger partial charge in [0.05, 0.1) is 12.0 Å². The fraction of sp³-hybridized carbons (Fsp3) is 0.485. The maximum absolute atomic E-state index is 12.6. The molecule has 11 heteroatoms. The van der Waals surface area contributed by atoms with Crippen LogP contribution in [0.2, 0.25) is 0 Å². The molecule has 2 fully saturated rings. The molecule has 2 amide bonds. The van der Waals surface area contributed by atoms with Crippen molar-refractivity contribution in [2.24, 2.45) is 11.8 Å². The van der Waals surface area contributed by atoms with Gasteiger partial charge in [0.25, 0.3) is 5.91 Å². The minimum atomic E-state index is -1.46. The molecule has 5 heterocycles. The van der Waals surface area contributed by atoms with E-state index in [1.165, 1.54) is 11.8 Å². The number of rotatable bonds is 12. The molecule has 5 atom stereocenters. The number of aromatic nitrogens is 1. The Balaban J connectivity index is 1.51. The lowest BCUT2D eigenvalue weighted by atomic mass is 9.91. The van der Waals surface area contributed by atoms with E-state index in [0.717, 1.165) is 56.4 Å². The number of carbonyl (C=O) groups is 3. The summed E-state index contributed by atoms with van der Waals surface area (Å²) in [6.45, 7) is 11.7. The van der Waals surface area contributed by atoms with E-state index in [1.807, 2.05) is 39.8 Å². The van der Waals surface area contributed by atoms with Crippen LogP contribution < -0.4 is 16.0 Å². The molecule has 1 aromatic rings. The van der Waals surface area contributed by atoms with E-state index >= 15 is 0 Å². The number of nitrogens with one attached hydrogen (secondary N) is 4. The third-order valence-corrected chi connectivity index (χ3v) is 10.6. The van der Waals surface area contributed by atoms with Crippen LogP contribution >= 0.6 is 0 Å². The molecule has 4 aliphatic heterocycles. The first kappa shape index (κ1) is 31.9. The Labute approximate surface area is 261 Å². The number of aliphatic hydroxyl groups excluding tert-OH is 1. The van der Waals surface area contributed by atoms with Gasteiger partial charge in [-0.05, 0) is 91.8 Å². The summed E-state index contributed by atoms with van der Waals surface area (Å²) in [7, 11) is 0. The summed E-state index contributed by atoms with van der Waals surface area (Å²) in [6.07, 6.45) is 5.59. The van der Waals surface area contributed by atoms with Gasteiger partial charge in [-0.15, -0.1) is 0 Å². The number of hydrogen-bond donors (Lipinski definition) is 7. The molecule has 2 saturated heterocycles. The number of carbonyl (C=O) groups excluding carboxylic acids is 2. The average molecular weight is 624 g/mol. The summed E-state index contributed by atoms with van der Waals surface area (Å²) in [4.78, 5) is 40.1. The maximum atomic E-state index is 12.6. The molecule has 5 rings (SSSR count). The van der Waals surface area contributed by atoms with Crippen LogP contribution in [-0.4, -0.2) is 67.5 Å². The SMILES string of the molecule is C=CC1=C(C)[C@@H](CC2N/C(=C\c3[nH]c(/C=C4\NC(=O)[C@H](C)[C@H]4[C@H]4C[SH+]4)c(C)c3CCC(O)O)C(CCC(=O)O)=C2C)NC1=O. The molecule has 0 bridgehead atoms. The summed E-state index contributed by atoms with van der Waals surface area (Å²) < 4.78 is 0. The van der Waals surface area contributed by atoms with Gasteiger partial charge in [0.1, 0.15) is 0 Å². The number of H-pyrrole nitrogens is 1. The van der Waals surface area contributed by atoms with Gasteiger partial charge < -0.3 is 36.3 Å². The van der Waals surface area contributed by atoms with Gasteiger partial charge in [0.15, 0.2) is 17.3 Å². The van der Waals surface area contributed by atoms with E-state index in [-0.39, 0.29) is 48.6 Å². The highest BCUT2D eigenvalue weighted by Crippen LogP contribution is 2.39. The molecule has 0 aromatic carbocycles. The van der Waals surface area contributed by atoms with Crippen molar-refractivity contribution in [2.75, 3.05) is 5.75 Å². The van der Waals surface area contributed by atoms with Gasteiger partial charge in [-0.2, -0.15) is 0 Å². The highest BCUT2D eigenvalue weighted by molar-refractivity contribution is 7.86. The molecule has 44 heavy (non-hydrogen) atoms. The number of allylic oxidation sites excluding steroid dienone is 2. The van der Waals surface area contributed by atoms with Gasteiger partial charge in [-0.1, -0.05) is 19.6 Å². The maximum Gasteiger partial charge on any atom is 0.303 e. The molecule has 0 aliphatic carbocycles. The van der Waals surface area contributed by atoms with Crippen LogP contribution in [0, 0.1) is 18.8 Å². The second-order valence-corrected chi connectivity index (χ2v) is 13.7. The van der Waals surface area contributed by atoms with Crippen LogP contribution in [0.15, 0.2) is 46.3 Å². The molecule has 1 unspecified atom stereocenters. The lowest BCUT2D eigenvalue weighted by Crippen LogP contribution is -2.36. The molecule has 0 radical (unpaired) electrons.